The van der Waals surface area contributed by atoms with E-state index in [1.54, 1.807) is 0 Å². The molecule has 0 spiro atoms. The Morgan fingerprint density at radius 2 is 1.62 bits per heavy atom. The predicted molar refractivity (Wildman–Crippen MR) is 66.5 cm³/mol. The summed E-state index contributed by atoms with van der Waals surface area (Å²) < 4.78 is 17.7. The van der Waals surface area contributed by atoms with E-state index >= 15 is 0 Å². The Kier molecular flexibility index (Phi) is 6.53. The second-order valence-corrected chi connectivity index (χ2v) is 6.84. The molecule has 0 radical (unpaired) electrons. The molecule has 1 saturated heterocycles. The van der Waals surface area contributed by atoms with E-state index in [-0.39, 0.29) is 0 Å². The van der Waals surface area contributed by atoms with Crippen LogP contribution in [-0.4, -0.2) is 41.7 Å². The summed E-state index contributed by atoms with van der Waals surface area (Å²) in [6.07, 6.45) is 2.34. The third kappa shape index (κ3) is 3.53. The average Bonchev–Trinajstić information content (AvgIpc) is 2.31. The second-order valence-electron chi connectivity index (χ2n) is 3.95. The topological polar surface area (TPSA) is 39.7 Å². The Morgan fingerprint density at radius 3 is 2.00 bits per heavy atom. The van der Waals surface area contributed by atoms with Gasteiger partial charge in [0.1, 0.15) is 0 Å². The Balaban J connectivity index is 2.70. The van der Waals surface area contributed by atoms with Crippen molar-refractivity contribution >= 4 is 8.80 Å². The van der Waals surface area contributed by atoms with Crippen molar-refractivity contribution in [3.8, 4) is 0 Å². The molecule has 16 heavy (non-hydrogen) atoms. The minimum Gasteiger partial charge on any atom is -0.374 e. The number of hydrogen-bond acceptors (Lipinski definition) is 4. The van der Waals surface area contributed by atoms with Crippen LogP contribution in [0.3, 0.4) is 0 Å². The molecule has 96 valence electrons. The lowest BCUT2D eigenvalue weighted by atomic mass is 10.2. The Bertz CT molecular complexity index is 169. The van der Waals surface area contributed by atoms with Gasteiger partial charge in [0.05, 0.1) is 0 Å². The molecule has 0 aromatic heterocycles. The summed E-state index contributed by atoms with van der Waals surface area (Å²) in [7, 11) is -2.46. The first-order valence-electron chi connectivity index (χ1n) is 6.41. The van der Waals surface area contributed by atoms with E-state index in [1.165, 1.54) is 6.42 Å². The van der Waals surface area contributed by atoms with E-state index < -0.39 is 8.80 Å². The minimum absolute atomic E-state index is 0.418. The highest BCUT2D eigenvalue weighted by molar-refractivity contribution is 6.62. The summed E-state index contributed by atoms with van der Waals surface area (Å²) in [5.74, 6) is 0. The van der Waals surface area contributed by atoms with Gasteiger partial charge in [-0.25, -0.2) is 0 Å². The van der Waals surface area contributed by atoms with E-state index in [0.717, 1.165) is 19.5 Å². The molecule has 0 aromatic carbocycles. The van der Waals surface area contributed by atoms with Gasteiger partial charge in [-0.05, 0) is 40.2 Å². The van der Waals surface area contributed by atoms with Crippen molar-refractivity contribution in [1.29, 1.82) is 0 Å². The predicted octanol–water partition coefficient (Wildman–Crippen LogP) is 1.79. The molecule has 1 aliphatic heterocycles. The van der Waals surface area contributed by atoms with Crippen LogP contribution < -0.4 is 5.32 Å². The molecule has 4 nitrogen and oxygen atoms in total. The molecule has 1 heterocycles. The van der Waals surface area contributed by atoms with Crippen LogP contribution in [0.25, 0.3) is 0 Å². The van der Waals surface area contributed by atoms with Gasteiger partial charge in [0.2, 0.25) is 0 Å². The number of piperidine rings is 1. The average molecular weight is 247 g/mol. The SMILES string of the molecule is CCO[Si](OCC)(OCC)C1CCCNC1. The zero-order valence-electron chi connectivity index (χ0n) is 10.8. The van der Waals surface area contributed by atoms with Crippen molar-refractivity contribution in [2.45, 2.75) is 39.2 Å². The molecule has 0 amide bonds. The van der Waals surface area contributed by atoms with Gasteiger partial charge in [0.15, 0.2) is 0 Å². The van der Waals surface area contributed by atoms with Crippen LogP contribution in [0.4, 0.5) is 0 Å². The fourth-order valence-electron chi connectivity index (χ4n) is 2.24. The highest BCUT2D eigenvalue weighted by atomic mass is 28.4. The smallest absolute Gasteiger partial charge is 0.374 e. The third-order valence-electron chi connectivity index (χ3n) is 2.83. The lowest BCUT2D eigenvalue weighted by Gasteiger charge is -2.37. The largest absolute Gasteiger partial charge is 0.505 e. The minimum atomic E-state index is -2.46. The van der Waals surface area contributed by atoms with Crippen molar-refractivity contribution in [2.75, 3.05) is 32.9 Å². The highest BCUT2D eigenvalue weighted by Crippen LogP contribution is 2.31. The van der Waals surface area contributed by atoms with Crippen LogP contribution in [-0.2, 0) is 13.3 Å². The van der Waals surface area contributed by atoms with Gasteiger partial charge in [0.25, 0.3) is 0 Å². The molecule has 1 atom stereocenters. The Morgan fingerprint density at radius 1 is 1.06 bits per heavy atom. The highest BCUT2D eigenvalue weighted by Gasteiger charge is 2.49. The first-order valence-corrected chi connectivity index (χ1v) is 8.21. The summed E-state index contributed by atoms with van der Waals surface area (Å²) in [6, 6.07) is 0. The lowest BCUT2D eigenvalue weighted by Crippen LogP contribution is -2.54. The first-order chi connectivity index (χ1) is 7.79. The fourth-order valence-corrected chi connectivity index (χ4v) is 5.35. The summed E-state index contributed by atoms with van der Waals surface area (Å²) >= 11 is 0. The van der Waals surface area contributed by atoms with Crippen molar-refractivity contribution in [2.24, 2.45) is 0 Å². The Labute approximate surface area is 100 Å². The molecule has 0 saturated carbocycles. The standard InChI is InChI=1S/C11H25NO3Si/c1-4-13-16(14-5-2,15-6-3)11-8-7-9-12-10-11/h11-12H,4-10H2,1-3H3. The maximum absolute atomic E-state index is 5.90. The van der Waals surface area contributed by atoms with Crippen LogP contribution >= 0.6 is 0 Å². The fraction of sp³-hybridized carbons (Fsp3) is 1.00. The van der Waals surface area contributed by atoms with E-state index in [4.69, 9.17) is 13.3 Å². The number of nitrogens with one attached hydrogen (secondary N) is 1. The van der Waals surface area contributed by atoms with Crippen molar-refractivity contribution in [3.63, 3.8) is 0 Å². The van der Waals surface area contributed by atoms with Crippen molar-refractivity contribution in [1.82, 2.24) is 5.32 Å². The molecule has 1 aliphatic rings. The van der Waals surface area contributed by atoms with Gasteiger partial charge < -0.3 is 18.6 Å². The second kappa shape index (κ2) is 7.40. The van der Waals surface area contributed by atoms with Gasteiger partial charge in [-0.3, -0.25) is 0 Å². The van der Waals surface area contributed by atoms with E-state index in [9.17, 15) is 0 Å². The lowest BCUT2D eigenvalue weighted by molar-refractivity contribution is 0.0577. The van der Waals surface area contributed by atoms with E-state index in [1.807, 2.05) is 20.8 Å². The molecule has 1 unspecified atom stereocenters. The molecule has 1 N–H and O–H groups in total. The van der Waals surface area contributed by atoms with Crippen LogP contribution in [0.1, 0.15) is 33.6 Å². The summed E-state index contributed by atoms with van der Waals surface area (Å²) in [5.41, 5.74) is 0.418. The number of hydrogen-bond donors (Lipinski definition) is 1. The first kappa shape index (κ1) is 14.1. The molecule has 1 fully saturated rings. The summed E-state index contributed by atoms with van der Waals surface area (Å²) in [5, 5.41) is 3.41. The molecule has 1 rings (SSSR count). The summed E-state index contributed by atoms with van der Waals surface area (Å²) in [4.78, 5) is 0. The molecule has 0 aliphatic carbocycles. The van der Waals surface area contributed by atoms with Crippen molar-refractivity contribution in [3.05, 3.63) is 0 Å². The van der Waals surface area contributed by atoms with Gasteiger partial charge in [-0.1, -0.05) is 0 Å². The molecule has 0 bridgehead atoms. The van der Waals surface area contributed by atoms with Gasteiger partial charge in [0, 0.05) is 31.9 Å². The third-order valence-corrected chi connectivity index (χ3v) is 6.40. The zero-order chi connectivity index (χ0) is 11.9. The monoisotopic (exact) mass is 247 g/mol. The Hall–Kier alpha value is 0.0569. The number of rotatable bonds is 7. The van der Waals surface area contributed by atoms with Gasteiger partial charge in [-0.15, -0.1) is 0 Å². The molecular weight excluding hydrogens is 222 g/mol. The van der Waals surface area contributed by atoms with Gasteiger partial charge in [-0.2, -0.15) is 0 Å². The molecule has 0 aromatic rings. The maximum Gasteiger partial charge on any atom is 0.505 e. The van der Waals surface area contributed by atoms with Crippen LogP contribution in [0, 0.1) is 0 Å². The van der Waals surface area contributed by atoms with Crippen LogP contribution in [0.2, 0.25) is 5.54 Å². The normalized spacial score (nSPS) is 22.3. The zero-order valence-corrected chi connectivity index (χ0v) is 11.8. The van der Waals surface area contributed by atoms with Crippen molar-refractivity contribution < 1.29 is 13.3 Å². The van der Waals surface area contributed by atoms with Crippen LogP contribution in [0.5, 0.6) is 0 Å². The van der Waals surface area contributed by atoms with Gasteiger partial charge >= 0.3 is 8.80 Å². The van der Waals surface area contributed by atoms with E-state index in [2.05, 4.69) is 5.32 Å². The maximum atomic E-state index is 5.90. The molecule has 5 heteroatoms. The quantitative estimate of drug-likeness (QED) is 0.696. The van der Waals surface area contributed by atoms with Crippen LogP contribution in [0.15, 0.2) is 0 Å². The molecular formula is C11H25NO3Si. The van der Waals surface area contributed by atoms with E-state index in [0.29, 0.717) is 25.4 Å². The summed E-state index contributed by atoms with van der Waals surface area (Å²) in [6.45, 7) is 10.1.